The fourth-order valence-electron chi connectivity index (χ4n) is 2.27. The summed E-state index contributed by atoms with van der Waals surface area (Å²) in [6.45, 7) is 8.33. The zero-order valence-electron chi connectivity index (χ0n) is 12.8. The Morgan fingerprint density at radius 1 is 1.19 bits per heavy atom. The number of rotatable bonds is 2. The molecule has 114 valence electrons. The number of aldehydes is 1. The molecule has 1 amide bonds. The fourth-order valence-corrected chi connectivity index (χ4v) is 2.27. The van der Waals surface area contributed by atoms with Gasteiger partial charge < -0.3 is 14.5 Å². The number of carbonyl (C=O) groups is 2. The first kappa shape index (κ1) is 15.4. The Labute approximate surface area is 125 Å². The summed E-state index contributed by atoms with van der Waals surface area (Å²) in [7, 11) is 0. The topological polar surface area (TPSA) is 49.9 Å². The van der Waals surface area contributed by atoms with E-state index in [2.05, 4.69) is 4.90 Å². The maximum Gasteiger partial charge on any atom is 0.410 e. The van der Waals surface area contributed by atoms with Crippen LogP contribution in [0.4, 0.5) is 10.5 Å². The van der Waals surface area contributed by atoms with E-state index in [1.54, 1.807) is 11.0 Å². The van der Waals surface area contributed by atoms with Crippen molar-refractivity contribution in [1.29, 1.82) is 0 Å². The number of hydrogen-bond acceptors (Lipinski definition) is 4. The molecule has 1 saturated heterocycles. The average molecular weight is 290 g/mol. The van der Waals surface area contributed by atoms with Gasteiger partial charge >= 0.3 is 6.09 Å². The van der Waals surface area contributed by atoms with Crippen molar-refractivity contribution < 1.29 is 14.3 Å². The van der Waals surface area contributed by atoms with E-state index in [0.717, 1.165) is 25.1 Å². The number of ether oxygens (including phenoxy) is 1. The summed E-state index contributed by atoms with van der Waals surface area (Å²) in [5, 5.41) is 0. The molecule has 0 unspecified atom stereocenters. The molecule has 1 aliphatic rings. The molecule has 0 N–H and O–H groups in total. The van der Waals surface area contributed by atoms with Gasteiger partial charge in [0.05, 0.1) is 0 Å². The number of nitrogens with zero attached hydrogens (tertiary/aromatic N) is 2. The van der Waals surface area contributed by atoms with E-state index >= 15 is 0 Å². The molecule has 1 aromatic rings. The average Bonchev–Trinajstić information content (AvgIpc) is 2.46. The molecule has 1 heterocycles. The van der Waals surface area contributed by atoms with Crippen LogP contribution in [0.15, 0.2) is 24.3 Å². The minimum Gasteiger partial charge on any atom is -0.444 e. The Balaban J connectivity index is 1.93. The van der Waals surface area contributed by atoms with E-state index in [9.17, 15) is 9.59 Å². The molecule has 5 heteroatoms. The van der Waals surface area contributed by atoms with Gasteiger partial charge in [-0.1, -0.05) is 12.1 Å². The van der Waals surface area contributed by atoms with E-state index in [1.165, 1.54) is 0 Å². The number of carbonyl (C=O) groups excluding carboxylic acids is 2. The lowest BCUT2D eigenvalue weighted by molar-refractivity contribution is 0.0240. The lowest BCUT2D eigenvalue weighted by Gasteiger charge is -2.36. The highest BCUT2D eigenvalue weighted by Gasteiger charge is 2.25. The second-order valence-corrected chi connectivity index (χ2v) is 6.17. The van der Waals surface area contributed by atoms with Crippen LogP contribution in [-0.2, 0) is 4.74 Å². The zero-order valence-corrected chi connectivity index (χ0v) is 12.8. The summed E-state index contributed by atoms with van der Waals surface area (Å²) < 4.78 is 5.38. The summed E-state index contributed by atoms with van der Waals surface area (Å²) in [6, 6.07) is 7.51. The molecule has 2 rings (SSSR count). The normalized spacial score (nSPS) is 15.8. The van der Waals surface area contributed by atoms with Gasteiger partial charge in [-0.15, -0.1) is 0 Å². The lowest BCUT2D eigenvalue weighted by atomic mass is 10.2. The standard InChI is InChI=1S/C16H22N2O3/c1-16(2,3)21-15(20)18-9-7-17(8-10-18)14-6-4-5-13(11-14)12-19/h4-6,11-12H,7-10H2,1-3H3. The van der Waals surface area contributed by atoms with Crippen molar-refractivity contribution in [3.05, 3.63) is 29.8 Å². The third-order valence-electron chi connectivity index (χ3n) is 3.30. The molecule has 0 aliphatic carbocycles. The Kier molecular flexibility index (Phi) is 4.50. The summed E-state index contributed by atoms with van der Waals surface area (Å²) in [4.78, 5) is 26.7. The van der Waals surface area contributed by atoms with Crippen molar-refractivity contribution >= 4 is 18.1 Å². The van der Waals surface area contributed by atoms with Crippen molar-refractivity contribution in [2.45, 2.75) is 26.4 Å². The Morgan fingerprint density at radius 3 is 2.43 bits per heavy atom. The molecule has 0 bridgehead atoms. The van der Waals surface area contributed by atoms with Crippen LogP contribution in [0, 0.1) is 0 Å². The monoisotopic (exact) mass is 290 g/mol. The van der Waals surface area contributed by atoms with E-state index in [0.29, 0.717) is 18.7 Å². The first-order chi connectivity index (χ1) is 9.89. The number of anilines is 1. The predicted octanol–water partition coefficient (Wildman–Crippen LogP) is 2.56. The van der Waals surface area contributed by atoms with Gasteiger partial charge in [0, 0.05) is 37.4 Å². The smallest absolute Gasteiger partial charge is 0.410 e. The zero-order chi connectivity index (χ0) is 15.5. The quantitative estimate of drug-likeness (QED) is 0.785. The first-order valence-electron chi connectivity index (χ1n) is 7.17. The van der Waals surface area contributed by atoms with Crippen LogP contribution in [0.5, 0.6) is 0 Å². The van der Waals surface area contributed by atoms with Crippen molar-refractivity contribution in [3.8, 4) is 0 Å². The van der Waals surface area contributed by atoms with Crippen LogP contribution >= 0.6 is 0 Å². The second-order valence-electron chi connectivity index (χ2n) is 6.17. The van der Waals surface area contributed by atoms with Gasteiger partial charge in [-0.2, -0.15) is 0 Å². The molecule has 1 aromatic carbocycles. The number of benzene rings is 1. The maximum absolute atomic E-state index is 12.0. The van der Waals surface area contributed by atoms with Crippen molar-refractivity contribution in [2.24, 2.45) is 0 Å². The van der Waals surface area contributed by atoms with Gasteiger partial charge in [0.15, 0.2) is 0 Å². The largest absolute Gasteiger partial charge is 0.444 e. The molecule has 1 aliphatic heterocycles. The van der Waals surface area contributed by atoms with Crippen molar-refractivity contribution in [1.82, 2.24) is 4.90 Å². The molecular formula is C16H22N2O3. The summed E-state index contributed by atoms with van der Waals surface area (Å²) in [6.07, 6.45) is 0.587. The molecule has 0 saturated carbocycles. The maximum atomic E-state index is 12.0. The van der Waals surface area contributed by atoms with Gasteiger partial charge in [-0.25, -0.2) is 4.79 Å². The summed E-state index contributed by atoms with van der Waals surface area (Å²) in [5.74, 6) is 0. The SMILES string of the molecule is CC(C)(C)OC(=O)N1CCN(c2cccc(C=O)c2)CC1. The highest BCUT2D eigenvalue weighted by atomic mass is 16.6. The molecule has 21 heavy (non-hydrogen) atoms. The van der Waals surface area contributed by atoms with Gasteiger partial charge in [-0.3, -0.25) is 4.79 Å². The van der Waals surface area contributed by atoms with Gasteiger partial charge in [-0.05, 0) is 32.9 Å². The van der Waals surface area contributed by atoms with Gasteiger partial charge in [0.2, 0.25) is 0 Å². The van der Waals surface area contributed by atoms with E-state index in [1.807, 2.05) is 39.0 Å². The first-order valence-corrected chi connectivity index (χ1v) is 7.17. The predicted molar refractivity (Wildman–Crippen MR) is 81.8 cm³/mol. The van der Waals surface area contributed by atoms with Crippen LogP contribution in [0.25, 0.3) is 0 Å². The molecule has 5 nitrogen and oxygen atoms in total. The van der Waals surface area contributed by atoms with E-state index in [-0.39, 0.29) is 6.09 Å². The molecule has 0 atom stereocenters. The lowest BCUT2D eigenvalue weighted by Crippen LogP contribution is -2.50. The second kappa shape index (κ2) is 6.16. The molecular weight excluding hydrogens is 268 g/mol. The van der Waals surface area contributed by atoms with Gasteiger partial charge in [0.25, 0.3) is 0 Å². The highest BCUT2D eigenvalue weighted by Crippen LogP contribution is 2.18. The van der Waals surface area contributed by atoms with E-state index in [4.69, 9.17) is 4.74 Å². The van der Waals surface area contributed by atoms with Crippen LogP contribution in [0.2, 0.25) is 0 Å². The number of amides is 1. The minimum absolute atomic E-state index is 0.260. The molecule has 0 radical (unpaired) electrons. The van der Waals surface area contributed by atoms with Crippen LogP contribution in [-0.4, -0.2) is 49.1 Å². The van der Waals surface area contributed by atoms with Crippen LogP contribution < -0.4 is 4.90 Å². The fraction of sp³-hybridized carbons (Fsp3) is 0.500. The number of hydrogen-bond donors (Lipinski definition) is 0. The minimum atomic E-state index is -0.466. The molecule has 1 fully saturated rings. The Morgan fingerprint density at radius 2 is 1.86 bits per heavy atom. The highest BCUT2D eigenvalue weighted by molar-refractivity contribution is 5.77. The van der Waals surface area contributed by atoms with Crippen molar-refractivity contribution in [3.63, 3.8) is 0 Å². The van der Waals surface area contributed by atoms with Crippen molar-refractivity contribution in [2.75, 3.05) is 31.1 Å². The third kappa shape index (κ3) is 4.21. The molecule has 0 spiro atoms. The van der Waals surface area contributed by atoms with Gasteiger partial charge in [0.1, 0.15) is 11.9 Å². The van der Waals surface area contributed by atoms with E-state index < -0.39 is 5.60 Å². The Bertz CT molecular complexity index is 514. The number of piperazine rings is 1. The molecule has 0 aromatic heterocycles. The third-order valence-corrected chi connectivity index (χ3v) is 3.30. The summed E-state index contributed by atoms with van der Waals surface area (Å²) >= 11 is 0. The summed E-state index contributed by atoms with van der Waals surface area (Å²) in [5.41, 5.74) is 1.22. The Hall–Kier alpha value is -2.04. The van der Waals surface area contributed by atoms with Crippen LogP contribution in [0.1, 0.15) is 31.1 Å². The van der Waals surface area contributed by atoms with Crippen LogP contribution in [0.3, 0.4) is 0 Å².